The molecule has 1 aliphatic heterocycles. The smallest absolute Gasteiger partial charge is 0.330 e. The van der Waals surface area contributed by atoms with Crippen LogP contribution in [0.5, 0.6) is 0 Å². The SMILES string of the molecule is CC[C@H]1CC[C@H](C(=O)ON2C(=O)CCC2=O)CC1. The van der Waals surface area contributed by atoms with E-state index in [1.54, 1.807) is 0 Å². The molecule has 0 radical (unpaired) electrons. The highest BCUT2D eigenvalue weighted by Crippen LogP contribution is 2.31. The third kappa shape index (κ3) is 2.71. The molecule has 2 rings (SSSR count). The molecule has 2 amide bonds. The second-order valence-electron chi connectivity index (χ2n) is 5.12. The molecule has 0 atom stereocenters. The predicted octanol–water partition coefficient (Wildman–Crippen LogP) is 1.81. The first-order chi connectivity index (χ1) is 8.61. The van der Waals surface area contributed by atoms with Gasteiger partial charge in [0.15, 0.2) is 0 Å². The molecule has 0 spiro atoms. The zero-order chi connectivity index (χ0) is 13.1. The van der Waals surface area contributed by atoms with Crippen LogP contribution >= 0.6 is 0 Å². The summed E-state index contributed by atoms with van der Waals surface area (Å²) in [6, 6.07) is 0. The van der Waals surface area contributed by atoms with E-state index in [2.05, 4.69) is 6.92 Å². The van der Waals surface area contributed by atoms with Crippen LogP contribution in [0.2, 0.25) is 0 Å². The second-order valence-corrected chi connectivity index (χ2v) is 5.12. The van der Waals surface area contributed by atoms with Gasteiger partial charge in [-0.3, -0.25) is 9.59 Å². The first-order valence-corrected chi connectivity index (χ1v) is 6.69. The van der Waals surface area contributed by atoms with Crippen molar-refractivity contribution in [1.29, 1.82) is 0 Å². The molecular formula is C13H19NO4. The summed E-state index contributed by atoms with van der Waals surface area (Å²) in [5.74, 6) is -0.697. The zero-order valence-electron chi connectivity index (χ0n) is 10.7. The lowest BCUT2D eigenvalue weighted by atomic mass is 9.81. The van der Waals surface area contributed by atoms with Crippen molar-refractivity contribution in [1.82, 2.24) is 5.06 Å². The first-order valence-electron chi connectivity index (χ1n) is 6.69. The summed E-state index contributed by atoms with van der Waals surface area (Å²) in [6.45, 7) is 2.16. The number of hydrogen-bond donors (Lipinski definition) is 0. The maximum Gasteiger partial charge on any atom is 0.336 e. The quantitative estimate of drug-likeness (QED) is 0.719. The Labute approximate surface area is 106 Å². The van der Waals surface area contributed by atoms with Crippen molar-refractivity contribution in [3.8, 4) is 0 Å². The molecule has 0 aromatic carbocycles. The van der Waals surface area contributed by atoms with Gasteiger partial charge in [0.05, 0.1) is 5.92 Å². The molecule has 0 aromatic rings. The summed E-state index contributed by atoms with van der Waals surface area (Å²) in [4.78, 5) is 39.5. The Morgan fingerprint density at radius 1 is 1.17 bits per heavy atom. The summed E-state index contributed by atoms with van der Waals surface area (Å²) in [6.07, 6.45) is 5.09. The van der Waals surface area contributed by atoms with Crippen LogP contribution in [-0.4, -0.2) is 22.8 Å². The van der Waals surface area contributed by atoms with Gasteiger partial charge in [-0.15, -0.1) is 5.06 Å². The van der Waals surface area contributed by atoms with Crippen molar-refractivity contribution < 1.29 is 19.2 Å². The normalized spacial score (nSPS) is 28.6. The minimum Gasteiger partial charge on any atom is -0.330 e. The van der Waals surface area contributed by atoms with Gasteiger partial charge in [-0.2, -0.15) is 0 Å². The summed E-state index contributed by atoms with van der Waals surface area (Å²) in [7, 11) is 0. The summed E-state index contributed by atoms with van der Waals surface area (Å²) < 4.78 is 0. The van der Waals surface area contributed by atoms with Gasteiger partial charge in [0, 0.05) is 12.8 Å². The zero-order valence-corrected chi connectivity index (χ0v) is 10.7. The van der Waals surface area contributed by atoms with Crippen LogP contribution in [0.1, 0.15) is 51.9 Å². The van der Waals surface area contributed by atoms with Crippen LogP contribution in [0.25, 0.3) is 0 Å². The molecule has 0 unspecified atom stereocenters. The van der Waals surface area contributed by atoms with Gasteiger partial charge in [0.1, 0.15) is 0 Å². The van der Waals surface area contributed by atoms with E-state index in [1.165, 1.54) is 0 Å². The lowest BCUT2D eigenvalue weighted by Crippen LogP contribution is -2.35. The average molecular weight is 253 g/mol. The van der Waals surface area contributed by atoms with E-state index < -0.39 is 17.8 Å². The van der Waals surface area contributed by atoms with Crippen molar-refractivity contribution in [2.45, 2.75) is 51.9 Å². The van der Waals surface area contributed by atoms with Crippen molar-refractivity contribution >= 4 is 17.8 Å². The molecule has 0 bridgehead atoms. The minimum absolute atomic E-state index is 0.148. The standard InChI is InChI=1S/C13H19NO4/c1-2-9-3-5-10(6-4-9)13(17)18-14-11(15)7-8-12(14)16/h9-10H,2-8H2,1H3/t9-,10-. The highest BCUT2D eigenvalue weighted by Gasteiger charge is 2.35. The van der Waals surface area contributed by atoms with Crippen LogP contribution in [0, 0.1) is 11.8 Å². The number of hydrogen-bond acceptors (Lipinski definition) is 4. The molecule has 1 saturated carbocycles. The monoisotopic (exact) mass is 253 g/mol. The Hall–Kier alpha value is -1.39. The molecule has 1 aliphatic carbocycles. The largest absolute Gasteiger partial charge is 0.336 e. The van der Waals surface area contributed by atoms with Gasteiger partial charge in [-0.1, -0.05) is 13.3 Å². The van der Waals surface area contributed by atoms with E-state index >= 15 is 0 Å². The number of hydroxylamine groups is 2. The Balaban J connectivity index is 1.85. The molecular weight excluding hydrogens is 234 g/mol. The summed E-state index contributed by atoms with van der Waals surface area (Å²) in [5, 5.41) is 0.647. The van der Waals surface area contributed by atoms with E-state index in [-0.39, 0.29) is 18.8 Å². The Kier molecular flexibility index (Phi) is 3.99. The lowest BCUT2D eigenvalue weighted by molar-refractivity contribution is -0.201. The number of amides is 2. The molecule has 0 aromatic heterocycles. The Morgan fingerprint density at radius 2 is 1.72 bits per heavy atom. The Bertz CT molecular complexity index is 342. The molecule has 2 fully saturated rings. The first kappa shape index (κ1) is 13.1. The number of imide groups is 1. The fourth-order valence-corrected chi connectivity index (χ4v) is 2.63. The van der Waals surface area contributed by atoms with Gasteiger partial charge in [0.25, 0.3) is 11.8 Å². The highest BCUT2D eigenvalue weighted by atomic mass is 16.7. The van der Waals surface area contributed by atoms with E-state index in [9.17, 15) is 14.4 Å². The minimum atomic E-state index is -0.423. The van der Waals surface area contributed by atoms with Crippen molar-refractivity contribution in [2.75, 3.05) is 0 Å². The fraction of sp³-hybridized carbons (Fsp3) is 0.769. The Morgan fingerprint density at radius 3 is 2.22 bits per heavy atom. The van der Waals surface area contributed by atoms with Gasteiger partial charge in [0.2, 0.25) is 0 Å². The summed E-state index contributed by atoms with van der Waals surface area (Å²) in [5.41, 5.74) is 0. The van der Waals surface area contributed by atoms with Crippen LogP contribution < -0.4 is 0 Å². The molecule has 100 valence electrons. The summed E-state index contributed by atoms with van der Waals surface area (Å²) >= 11 is 0. The molecule has 0 N–H and O–H groups in total. The predicted molar refractivity (Wildman–Crippen MR) is 62.9 cm³/mol. The number of carbonyl (C=O) groups is 3. The second kappa shape index (κ2) is 5.50. The van der Waals surface area contributed by atoms with Gasteiger partial charge < -0.3 is 4.84 Å². The van der Waals surface area contributed by atoms with Crippen LogP contribution in [0.15, 0.2) is 0 Å². The van der Waals surface area contributed by atoms with E-state index in [0.29, 0.717) is 11.0 Å². The number of nitrogens with zero attached hydrogens (tertiary/aromatic N) is 1. The van der Waals surface area contributed by atoms with Crippen molar-refractivity contribution in [3.05, 3.63) is 0 Å². The number of carbonyl (C=O) groups excluding carboxylic acids is 3. The van der Waals surface area contributed by atoms with E-state index in [4.69, 9.17) is 4.84 Å². The molecule has 18 heavy (non-hydrogen) atoms. The highest BCUT2D eigenvalue weighted by molar-refractivity contribution is 6.01. The molecule has 2 aliphatic rings. The average Bonchev–Trinajstić information content (AvgIpc) is 2.70. The molecule has 1 heterocycles. The molecule has 5 nitrogen and oxygen atoms in total. The van der Waals surface area contributed by atoms with Crippen molar-refractivity contribution in [3.63, 3.8) is 0 Å². The third-order valence-electron chi connectivity index (χ3n) is 3.94. The van der Waals surface area contributed by atoms with Gasteiger partial charge >= 0.3 is 5.97 Å². The maximum absolute atomic E-state index is 11.9. The third-order valence-corrected chi connectivity index (χ3v) is 3.94. The molecule has 1 saturated heterocycles. The number of rotatable bonds is 3. The van der Waals surface area contributed by atoms with E-state index in [1.807, 2.05) is 0 Å². The van der Waals surface area contributed by atoms with Crippen molar-refractivity contribution in [2.24, 2.45) is 11.8 Å². The molecule has 5 heteroatoms. The fourth-order valence-electron chi connectivity index (χ4n) is 2.63. The topological polar surface area (TPSA) is 63.7 Å². The van der Waals surface area contributed by atoms with Gasteiger partial charge in [-0.05, 0) is 31.6 Å². The van der Waals surface area contributed by atoms with Crippen LogP contribution in [0.4, 0.5) is 0 Å². The van der Waals surface area contributed by atoms with E-state index in [0.717, 1.165) is 32.1 Å². The van der Waals surface area contributed by atoms with Crippen LogP contribution in [-0.2, 0) is 19.2 Å². The maximum atomic E-state index is 11.9. The van der Waals surface area contributed by atoms with Gasteiger partial charge in [-0.25, -0.2) is 4.79 Å². The lowest BCUT2D eigenvalue weighted by Gasteiger charge is -2.26. The van der Waals surface area contributed by atoms with Crippen LogP contribution in [0.3, 0.4) is 0 Å².